The van der Waals surface area contributed by atoms with E-state index in [1.807, 2.05) is 26.8 Å². The summed E-state index contributed by atoms with van der Waals surface area (Å²) in [5, 5.41) is 3.27. The fourth-order valence-corrected chi connectivity index (χ4v) is 3.52. The first-order chi connectivity index (χ1) is 12.8. The van der Waals surface area contributed by atoms with E-state index in [4.69, 9.17) is 9.47 Å². The Balaban J connectivity index is 1.92. The van der Waals surface area contributed by atoms with Crippen molar-refractivity contribution < 1.29 is 19.1 Å². The van der Waals surface area contributed by atoms with Crippen LogP contribution in [-0.2, 0) is 25.5 Å². The molecule has 7 nitrogen and oxygen atoms in total. The normalized spacial score (nSPS) is 19.8. The first-order valence-corrected chi connectivity index (χ1v) is 9.26. The standard InChI is InChI=1S/C20H27N3O4/c1-20(2,3)27-19(25)17-12-21-7-8-23(17)16-11-22-10-14-9-13(18(24)26-4)5-6-15(14)16/h9-11,17,21H,5-8,12H2,1-4H3. The maximum atomic E-state index is 12.7. The van der Waals surface area contributed by atoms with Gasteiger partial charge in [0.2, 0.25) is 0 Å². The van der Waals surface area contributed by atoms with E-state index < -0.39 is 11.6 Å². The number of fused-ring (bicyclic) bond motifs is 1. The van der Waals surface area contributed by atoms with Crippen LogP contribution in [0.2, 0.25) is 0 Å². The average molecular weight is 373 g/mol. The van der Waals surface area contributed by atoms with Gasteiger partial charge in [0.15, 0.2) is 0 Å². The number of carbonyl (C=O) groups excluding carboxylic acids is 2. The molecule has 1 atom stereocenters. The molecule has 27 heavy (non-hydrogen) atoms. The van der Waals surface area contributed by atoms with Gasteiger partial charge < -0.3 is 19.7 Å². The van der Waals surface area contributed by atoms with Crippen LogP contribution in [0.1, 0.15) is 38.3 Å². The lowest BCUT2D eigenvalue weighted by molar-refractivity contribution is -0.156. The van der Waals surface area contributed by atoms with Gasteiger partial charge >= 0.3 is 11.9 Å². The topological polar surface area (TPSA) is 80.8 Å². The van der Waals surface area contributed by atoms with E-state index in [1.54, 1.807) is 12.4 Å². The quantitative estimate of drug-likeness (QED) is 0.808. The molecule has 1 aliphatic carbocycles. The number of rotatable bonds is 3. The second-order valence-electron chi connectivity index (χ2n) is 7.83. The van der Waals surface area contributed by atoms with Crippen molar-refractivity contribution in [3.05, 3.63) is 29.1 Å². The number of anilines is 1. The van der Waals surface area contributed by atoms with Crippen LogP contribution in [0.25, 0.3) is 6.08 Å². The molecule has 0 bridgehead atoms. The largest absolute Gasteiger partial charge is 0.466 e. The Morgan fingerprint density at radius 2 is 2.04 bits per heavy atom. The minimum absolute atomic E-state index is 0.242. The zero-order valence-corrected chi connectivity index (χ0v) is 16.4. The highest BCUT2D eigenvalue weighted by Crippen LogP contribution is 2.33. The van der Waals surface area contributed by atoms with Gasteiger partial charge in [-0.3, -0.25) is 4.98 Å². The minimum atomic E-state index is -0.535. The van der Waals surface area contributed by atoms with Gasteiger partial charge in [-0.2, -0.15) is 0 Å². The van der Waals surface area contributed by atoms with Crippen LogP contribution in [0.5, 0.6) is 0 Å². The monoisotopic (exact) mass is 373 g/mol. The summed E-state index contributed by atoms with van der Waals surface area (Å²) in [4.78, 5) is 31.0. The highest BCUT2D eigenvalue weighted by Gasteiger charge is 2.34. The lowest BCUT2D eigenvalue weighted by Gasteiger charge is -2.39. The SMILES string of the molecule is COC(=O)C1=Cc2cncc(N3CCNCC3C(=O)OC(C)(C)C)c2CC1. The van der Waals surface area contributed by atoms with Gasteiger partial charge in [-0.25, -0.2) is 9.59 Å². The van der Waals surface area contributed by atoms with Gasteiger partial charge in [0.1, 0.15) is 11.6 Å². The van der Waals surface area contributed by atoms with Crippen molar-refractivity contribution in [3.63, 3.8) is 0 Å². The Labute approximate surface area is 159 Å². The van der Waals surface area contributed by atoms with Gasteiger partial charge in [0.05, 0.1) is 19.0 Å². The number of esters is 2. The Kier molecular flexibility index (Phi) is 5.51. The highest BCUT2D eigenvalue weighted by atomic mass is 16.6. The molecular formula is C20H27N3O4. The van der Waals surface area contributed by atoms with Crippen LogP contribution in [-0.4, -0.2) is 55.3 Å². The molecule has 0 saturated carbocycles. The third kappa shape index (κ3) is 4.30. The Bertz CT molecular complexity index is 767. The molecule has 1 aliphatic heterocycles. The third-order valence-electron chi connectivity index (χ3n) is 4.72. The molecule has 0 aromatic carbocycles. The number of piperazine rings is 1. The Hall–Kier alpha value is -2.41. The molecule has 1 fully saturated rings. The first-order valence-electron chi connectivity index (χ1n) is 9.26. The summed E-state index contributed by atoms with van der Waals surface area (Å²) in [6.07, 6.45) is 6.72. The van der Waals surface area contributed by atoms with Crippen molar-refractivity contribution >= 4 is 23.7 Å². The van der Waals surface area contributed by atoms with Gasteiger partial charge in [-0.05, 0) is 50.8 Å². The van der Waals surface area contributed by atoms with Crippen molar-refractivity contribution in [1.82, 2.24) is 10.3 Å². The molecule has 2 heterocycles. The lowest BCUT2D eigenvalue weighted by atomic mass is 9.91. The molecule has 3 rings (SSSR count). The predicted molar refractivity (Wildman–Crippen MR) is 102 cm³/mol. The molecule has 1 saturated heterocycles. The molecule has 0 radical (unpaired) electrons. The van der Waals surface area contributed by atoms with Crippen LogP contribution >= 0.6 is 0 Å². The first kappa shape index (κ1) is 19.4. The van der Waals surface area contributed by atoms with Crippen LogP contribution in [0.3, 0.4) is 0 Å². The lowest BCUT2D eigenvalue weighted by Crippen LogP contribution is -2.56. The van der Waals surface area contributed by atoms with E-state index in [0.717, 1.165) is 23.4 Å². The summed E-state index contributed by atoms with van der Waals surface area (Å²) in [7, 11) is 1.39. The number of nitrogens with zero attached hydrogens (tertiary/aromatic N) is 2. The molecule has 7 heteroatoms. The maximum Gasteiger partial charge on any atom is 0.333 e. The molecule has 146 valence electrons. The van der Waals surface area contributed by atoms with Crippen molar-refractivity contribution in [1.29, 1.82) is 0 Å². The van der Waals surface area contributed by atoms with E-state index in [-0.39, 0.29) is 11.9 Å². The van der Waals surface area contributed by atoms with Crippen LogP contribution in [0.4, 0.5) is 5.69 Å². The molecule has 1 aromatic rings. The fourth-order valence-electron chi connectivity index (χ4n) is 3.52. The highest BCUT2D eigenvalue weighted by molar-refractivity contribution is 5.95. The number of carbonyl (C=O) groups is 2. The summed E-state index contributed by atoms with van der Waals surface area (Å²) in [5.74, 6) is -0.547. The third-order valence-corrected chi connectivity index (χ3v) is 4.72. The molecular weight excluding hydrogens is 346 g/mol. The van der Waals surface area contributed by atoms with E-state index in [1.165, 1.54) is 7.11 Å². The molecule has 0 amide bonds. The summed E-state index contributed by atoms with van der Waals surface area (Å²) in [6.45, 7) is 7.62. The second-order valence-corrected chi connectivity index (χ2v) is 7.83. The Morgan fingerprint density at radius 1 is 1.26 bits per heavy atom. The van der Waals surface area contributed by atoms with E-state index in [0.29, 0.717) is 31.5 Å². The number of pyridine rings is 1. The number of ether oxygens (including phenoxy) is 2. The van der Waals surface area contributed by atoms with Crippen molar-refractivity contribution in [2.45, 2.75) is 45.3 Å². The molecule has 1 unspecified atom stereocenters. The number of hydrogen-bond donors (Lipinski definition) is 1. The van der Waals surface area contributed by atoms with Crippen LogP contribution < -0.4 is 10.2 Å². The molecule has 0 spiro atoms. The smallest absolute Gasteiger partial charge is 0.333 e. The summed E-state index contributed by atoms with van der Waals surface area (Å²) < 4.78 is 10.5. The van der Waals surface area contributed by atoms with Crippen LogP contribution in [0.15, 0.2) is 18.0 Å². The zero-order valence-electron chi connectivity index (χ0n) is 16.4. The average Bonchev–Trinajstić information content (AvgIpc) is 2.65. The molecule has 2 aliphatic rings. The van der Waals surface area contributed by atoms with Crippen LogP contribution in [0, 0.1) is 0 Å². The number of nitrogens with one attached hydrogen (secondary N) is 1. The van der Waals surface area contributed by atoms with Crippen molar-refractivity contribution in [2.24, 2.45) is 0 Å². The zero-order chi connectivity index (χ0) is 19.6. The molecule has 1 N–H and O–H groups in total. The van der Waals surface area contributed by atoms with Gasteiger partial charge in [0, 0.05) is 31.4 Å². The fraction of sp³-hybridized carbons (Fsp3) is 0.550. The predicted octanol–water partition coefficient (Wildman–Crippen LogP) is 1.70. The van der Waals surface area contributed by atoms with E-state index in [9.17, 15) is 9.59 Å². The second kappa shape index (κ2) is 7.68. The summed E-state index contributed by atoms with van der Waals surface area (Å²) >= 11 is 0. The summed E-state index contributed by atoms with van der Waals surface area (Å²) in [5.41, 5.74) is 3.05. The number of hydrogen-bond acceptors (Lipinski definition) is 7. The van der Waals surface area contributed by atoms with Crippen molar-refractivity contribution in [2.75, 3.05) is 31.6 Å². The van der Waals surface area contributed by atoms with Gasteiger partial charge in [-0.1, -0.05) is 0 Å². The number of methoxy groups -OCH3 is 1. The van der Waals surface area contributed by atoms with Crippen molar-refractivity contribution in [3.8, 4) is 0 Å². The maximum absolute atomic E-state index is 12.7. The van der Waals surface area contributed by atoms with Gasteiger partial charge in [0.25, 0.3) is 0 Å². The van der Waals surface area contributed by atoms with E-state index in [2.05, 4.69) is 15.2 Å². The van der Waals surface area contributed by atoms with Gasteiger partial charge in [-0.15, -0.1) is 0 Å². The van der Waals surface area contributed by atoms with E-state index >= 15 is 0 Å². The minimum Gasteiger partial charge on any atom is -0.466 e. The molecule has 1 aromatic heterocycles. The number of aromatic nitrogens is 1. The Morgan fingerprint density at radius 3 is 2.74 bits per heavy atom. The summed E-state index contributed by atoms with van der Waals surface area (Å²) in [6, 6.07) is -0.405.